The number of rotatable bonds is 5. The molecule has 7 nitrogen and oxygen atoms in total. The van der Waals surface area contributed by atoms with Crippen molar-refractivity contribution in [3.05, 3.63) is 18.2 Å². The Hall–Kier alpha value is -2.05. The molecule has 116 valence electrons. The van der Waals surface area contributed by atoms with E-state index >= 15 is 0 Å². The first-order chi connectivity index (χ1) is 9.98. The highest BCUT2D eigenvalue weighted by molar-refractivity contribution is 5.83. The molecule has 1 fully saturated rings. The number of aromatic amines is 1. The Morgan fingerprint density at radius 1 is 1.43 bits per heavy atom. The molecule has 1 saturated carbocycles. The van der Waals surface area contributed by atoms with Crippen LogP contribution in [-0.2, 0) is 11.2 Å². The van der Waals surface area contributed by atoms with Crippen molar-refractivity contribution >= 4 is 12.0 Å². The van der Waals surface area contributed by atoms with Gasteiger partial charge in [0.25, 0.3) is 0 Å². The number of nitrogens with zero attached hydrogens (tertiary/aromatic N) is 1. The van der Waals surface area contributed by atoms with Crippen molar-refractivity contribution in [3.8, 4) is 0 Å². The molecule has 0 bridgehead atoms. The zero-order valence-electron chi connectivity index (χ0n) is 12.2. The Morgan fingerprint density at radius 2 is 2.14 bits per heavy atom. The molecule has 21 heavy (non-hydrogen) atoms. The summed E-state index contributed by atoms with van der Waals surface area (Å²) in [6, 6.07) is -1.40. The maximum Gasteiger partial charge on any atom is 0.326 e. The van der Waals surface area contributed by atoms with Crippen molar-refractivity contribution in [1.29, 1.82) is 0 Å². The van der Waals surface area contributed by atoms with Gasteiger partial charge in [0.05, 0.1) is 6.33 Å². The molecule has 0 radical (unpaired) electrons. The van der Waals surface area contributed by atoms with E-state index in [4.69, 9.17) is 0 Å². The number of urea groups is 1. The molecule has 0 unspecified atom stereocenters. The molecule has 1 aromatic rings. The number of aromatic nitrogens is 2. The fraction of sp³-hybridized carbons (Fsp3) is 0.643. The standard InChI is InChI=1S/C14H22N4O3/c1-14(5-3-2-4-6-14)18-13(21)17-11(12(19)20)7-10-8-15-9-16-10/h8-9,11H,2-7H2,1H3,(H,15,16)(H,19,20)(H2,17,18,21)/t11-/m0/s1. The van der Waals surface area contributed by atoms with Crippen molar-refractivity contribution in [1.82, 2.24) is 20.6 Å². The number of carbonyl (C=O) groups is 2. The highest BCUT2D eigenvalue weighted by Gasteiger charge is 2.30. The minimum Gasteiger partial charge on any atom is -0.480 e. The summed E-state index contributed by atoms with van der Waals surface area (Å²) in [5.74, 6) is -1.06. The van der Waals surface area contributed by atoms with Crippen LogP contribution in [0.5, 0.6) is 0 Å². The quantitative estimate of drug-likeness (QED) is 0.659. The Morgan fingerprint density at radius 3 is 2.71 bits per heavy atom. The van der Waals surface area contributed by atoms with Crippen molar-refractivity contribution in [3.63, 3.8) is 0 Å². The molecular weight excluding hydrogens is 272 g/mol. The van der Waals surface area contributed by atoms with Gasteiger partial charge in [-0.05, 0) is 19.8 Å². The van der Waals surface area contributed by atoms with Gasteiger partial charge in [0, 0.05) is 23.9 Å². The van der Waals surface area contributed by atoms with Gasteiger partial charge in [-0.25, -0.2) is 14.6 Å². The van der Waals surface area contributed by atoms with Crippen LogP contribution in [0.25, 0.3) is 0 Å². The number of carbonyl (C=O) groups excluding carboxylic acids is 1. The summed E-state index contributed by atoms with van der Waals surface area (Å²) >= 11 is 0. The maximum atomic E-state index is 12.0. The molecule has 0 saturated heterocycles. The summed E-state index contributed by atoms with van der Waals surface area (Å²) in [4.78, 5) is 30.0. The number of amides is 2. The summed E-state index contributed by atoms with van der Waals surface area (Å²) in [5, 5.41) is 14.7. The molecule has 4 N–H and O–H groups in total. The fourth-order valence-corrected chi connectivity index (χ4v) is 2.74. The van der Waals surface area contributed by atoms with Crippen LogP contribution in [0.15, 0.2) is 12.5 Å². The molecule has 1 aromatic heterocycles. The topological polar surface area (TPSA) is 107 Å². The lowest BCUT2D eigenvalue weighted by atomic mass is 9.83. The van der Waals surface area contributed by atoms with Gasteiger partial charge in [-0.3, -0.25) is 0 Å². The molecule has 2 rings (SSSR count). The molecule has 0 spiro atoms. The molecule has 1 heterocycles. The van der Waals surface area contributed by atoms with Gasteiger partial charge in [-0.2, -0.15) is 0 Å². The Bertz CT molecular complexity index is 480. The van der Waals surface area contributed by atoms with Crippen molar-refractivity contribution in [2.45, 2.75) is 57.0 Å². The zero-order chi connectivity index (χ0) is 15.3. The van der Waals surface area contributed by atoms with Gasteiger partial charge in [-0.15, -0.1) is 0 Å². The van der Waals surface area contributed by atoms with E-state index in [0.717, 1.165) is 25.7 Å². The smallest absolute Gasteiger partial charge is 0.326 e. The first-order valence-electron chi connectivity index (χ1n) is 7.27. The van der Waals surface area contributed by atoms with Gasteiger partial charge in [0.15, 0.2) is 0 Å². The third-order valence-electron chi connectivity index (χ3n) is 3.95. The predicted molar refractivity (Wildman–Crippen MR) is 76.9 cm³/mol. The summed E-state index contributed by atoms with van der Waals surface area (Å²) in [6.07, 6.45) is 8.45. The number of imidazole rings is 1. The van der Waals surface area contributed by atoms with Gasteiger partial charge in [0.2, 0.25) is 0 Å². The van der Waals surface area contributed by atoms with Gasteiger partial charge in [0.1, 0.15) is 6.04 Å². The highest BCUT2D eigenvalue weighted by atomic mass is 16.4. The number of aliphatic carboxylic acids is 1. The SMILES string of the molecule is CC1(NC(=O)N[C@@H](Cc2cnc[nH]2)C(=O)O)CCCCC1. The van der Waals surface area contributed by atoms with Gasteiger partial charge < -0.3 is 20.7 Å². The van der Waals surface area contributed by atoms with E-state index in [1.807, 2.05) is 6.92 Å². The van der Waals surface area contributed by atoms with Crippen LogP contribution in [0, 0.1) is 0 Å². The molecule has 1 aliphatic carbocycles. The Kier molecular flexibility index (Phi) is 4.82. The van der Waals surface area contributed by atoms with Gasteiger partial charge in [-0.1, -0.05) is 19.3 Å². The Labute approximate surface area is 123 Å². The molecule has 1 aliphatic rings. The second-order valence-electron chi connectivity index (χ2n) is 5.89. The number of carboxylic acids is 1. The van der Waals surface area contributed by atoms with E-state index < -0.39 is 18.0 Å². The highest BCUT2D eigenvalue weighted by Crippen LogP contribution is 2.27. The normalized spacial score (nSPS) is 18.7. The summed E-state index contributed by atoms with van der Waals surface area (Å²) < 4.78 is 0. The van der Waals surface area contributed by atoms with Crippen LogP contribution in [0.2, 0.25) is 0 Å². The van der Waals surface area contributed by atoms with E-state index in [2.05, 4.69) is 20.6 Å². The lowest BCUT2D eigenvalue weighted by Gasteiger charge is -2.34. The van der Waals surface area contributed by atoms with Crippen LogP contribution in [0.3, 0.4) is 0 Å². The van der Waals surface area contributed by atoms with Crippen LogP contribution in [0.1, 0.15) is 44.7 Å². The summed E-state index contributed by atoms with van der Waals surface area (Å²) in [7, 11) is 0. The number of H-pyrrole nitrogens is 1. The average Bonchev–Trinajstić information content (AvgIpc) is 2.91. The van der Waals surface area contributed by atoms with Crippen LogP contribution in [0.4, 0.5) is 4.79 Å². The average molecular weight is 294 g/mol. The van der Waals surface area contributed by atoms with E-state index in [-0.39, 0.29) is 12.0 Å². The third-order valence-corrected chi connectivity index (χ3v) is 3.95. The molecule has 0 aliphatic heterocycles. The van der Waals surface area contributed by atoms with E-state index in [1.165, 1.54) is 12.7 Å². The van der Waals surface area contributed by atoms with E-state index in [0.29, 0.717) is 5.69 Å². The molecule has 2 amide bonds. The maximum absolute atomic E-state index is 12.0. The van der Waals surface area contributed by atoms with Crippen LogP contribution in [-0.4, -0.2) is 38.7 Å². The van der Waals surface area contributed by atoms with Crippen LogP contribution < -0.4 is 10.6 Å². The first kappa shape index (κ1) is 15.3. The fourth-order valence-electron chi connectivity index (χ4n) is 2.74. The summed E-state index contributed by atoms with van der Waals surface area (Å²) in [5.41, 5.74) is 0.436. The summed E-state index contributed by atoms with van der Waals surface area (Å²) in [6.45, 7) is 2.01. The molecular formula is C14H22N4O3. The minimum absolute atomic E-state index is 0.180. The second-order valence-corrected chi connectivity index (χ2v) is 5.89. The molecule has 1 atom stereocenters. The Balaban J connectivity index is 1.90. The molecule has 0 aromatic carbocycles. The minimum atomic E-state index is -1.06. The van der Waals surface area contributed by atoms with Gasteiger partial charge >= 0.3 is 12.0 Å². The first-order valence-corrected chi connectivity index (χ1v) is 7.27. The van der Waals surface area contributed by atoms with E-state index in [1.54, 1.807) is 6.20 Å². The largest absolute Gasteiger partial charge is 0.480 e. The third kappa shape index (κ3) is 4.47. The monoisotopic (exact) mass is 294 g/mol. The zero-order valence-corrected chi connectivity index (χ0v) is 12.2. The lowest BCUT2D eigenvalue weighted by molar-refractivity contribution is -0.139. The van der Waals surface area contributed by atoms with Crippen molar-refractivity contribution in [2.75, 3.05) is 0 Å². The number of hydrogen-bond donors (Lipinski definition) is 4. The van der Waals surface area contributed by atoms with E-state index in [9.17, 15) is 14.7 Å². The predicted octanol–water partition coefficient (Wildman–Crippen LogP) is 1.43. The van der Waals surface area contributed by atoms with Crippen LogP contribution >= 0.6 is 0 Å². The second kappa shape index (κ2) is 6.60. The number of nitrogens with one attached hydrogen (secondary N) is 3. The number of hydrogen-bond acceptors (Lipinski definition) is 3. The van der Waals surface area contributed by atoms with Crippen molar-refractivity contribution < 1.29 is 14.7 Å². The molecule has 7 heteroatoms. The lowest BCUT2D eigenvalue weighted by Crippen LogP contribution is -2.55. The van der Waals surface area contributed by atoms with Crippen molar-refractivity contribution in [2.24, 2.45) is 0 Å². The number of carboxylic acid groups (broad SMARTS) is 1.